The first-order valence-corrected chi connectivity index (χ1v) is 12.5. The molecule has 34 heavy (non-hydrogen) atoms. The number of aromatic nitrogens is 3. The zero-order chi connectivity index (χ0) is 24.2. The van der Waals surface area contributed by atoms with Crippen LogP contribution in [0.1, 0.15) is 31.2 Å². The maximum Gasteiger partial charge on any atom is 0.310 e. The average Bonchev–Trinajstić information content (AvgIpc) is 3.17. The smallest absolute Gasteiger partial charge is 0.310 e. The van der Waals surface area contributed by atoms with Gasteiger partial charge in [-0.05, 0) is 45.7 Å². The van der Waals surface area contributed by atoms with Crippen molar-refractivity contribution in [1.29, 1.82) is 0 Å². The summed E-state index contributed by atoms with van der Waals surface area (Å²) in [6.07, 6.45) is 1.57. The van der Waals surface area contributed by atoms with E-state index in [0.717, 1.165) is 51.8 Å². The van der Waals surface area contributed by atoms with Crippen molar-refractivity contribution in [3.8, 4) is 16.9 Å². The molecule has 1 saturated heterocycles. The number of methoxy groups -OCH3 is 1. The number of rotatable bonds is 7. The number of esters is 1. The van der Waals surface area contributed by atoms with E-state index in [0.29, 0.717) is 19.7 Å². The monoisotopic (exact) mass is 482 g/mol. The molecule has 4 rings (SSSR count). The molecule has 0 spiro atoms. The average molecular weight is 483 g/mol. The van der Waals surface area contributed by atoms with Gasteiger partial charge in [-0.25, -0.2) is 9.50 Å². The third kappa shape index (κ3) is 4.89. The van der Waals surface area contributed by atoms with E-state index < -0.39 is 0 Å². The van der Waals surface area contributed by atoms with Crippen LogP contribution in [0.25, 0.3) is 16.8 Å². The Kier molecular flexibility index (Phi) is 7.41. The molecule has 3 aromatic rings. The number of amides is 1. The SMILES string of the molecule is CCOC(=O)C1CCCN(C(=O)CSc2cc(C)nc3c(-c4ccccc4OC)c(C)nn23)C1. The van der Waals surface area contributed by atoms with Gasteiger partial charge in [-0.3, -0.25) is 9.59 Å². The number of fused-ring (bicyclic) bond motifs is 1. The number of aryl methyl sites for hydroxylation is 2. The van der Waals surface area contributed by atoms with Crippen molar-refractivity contribution in [3.05, 3.63) is 41.7 Å². The zero-order valence-corrected chi connectivity index (χ0v) is 20.9. The fourth-order valence-electron chi connectivity index (χ4n) is 4.36. The fourth-order valence-corrected chi connectivity index (χ4v) is 5.32. The third-order valence-electron chi connectivity index (χ3n) is 5.97. The van der Waals surface area contributed by atoms with Gasteiger partial charge < -0.3 is 14.4 Å². The van der Waals surface area contributed by atoms with Gasteiger partial charge in [-0.15, -0.1) is 0 Å². The van der Waals surface area contributed by atoms with E-state index in [2.05, 4.69) is 0 Å². The molecule has 1 fully saturated rings. The van der Waals surface area contributed by atoms with Crippen LogP contribution in [0.2, 0.25) is 0 Å². The molecular weight excluding hydrogens is 452 g/mol. The second-order valence-electron chi connectivity index (χ2n) is 8.35. The molecule has 1 aliphatic rings. The maximum atomic E-state index is 13.0. The minimum absolute atomic E-state index is 0.00967. The van der Waals surface area contributed by atoms with Crippen molar-refractivity contribution in [2.75, 3.05) is 32.6 Å². The molecule has 0 saturated carbocycles. The fraction of sp³-hybridized carbons (Fsp3) is 0.440. The summed E-state index contributed by atoms with van der Waals surface area (Å²) >= 11 is 1.43. The predicted octanol–water partition coefficient (Wildman–Crippen LogP) is 3.92. The Labute approximate surface area is 203 Å². The molecule has 180 valence electrons. The summed E-state index contributed by atoms with van der Waals surface area (Å²) in [5, 5.41) is 5.59. The van der Waals surface area contributed by atoms with Crippen molar-refractivity contribution in [1.82, 2.24) is 19.5 Å². The number of thioether (sulfide) groups is 1. The van der Waals surface area contributed by atoms with E-state index in [-0.39, 0.29) is 23.5 Å². The van der Waals surface area contributed by atoms with Gasteiger partial charge in [-0.2, -0.15) is 5.10 Å². The predicted molar refractivity (Wildman–Crippen MR) is 131 cm³/mol. The Morgan fingerprint density at radius 2 is 2.03 bits per heavy atom. The first-order valence-electron chi connectivity index (χ1n) is 11.5. The molecule has 0 radical (unpaired) electrons. The van der Waals surface area contributed by atoms with Gasteiger partial charge >= 0.3 is 5.97 Å². The zero-order valence-electron chi connectivity index (χ0n) is 20.0. The molecule has 0 bridgehead atoms. The number of likely N-dealkylation sites (tertiary alicyclic amines) is 1. The van der Waals surface area contributed by atoms with Crippen molar-refractivity contribution < 1.29 is 19.1 Å². The highest BCUT2D eigenvalue weighted by atomic mass is 32.2. The largest absolute Gasteiger partial charge is 0.496 e. The van der Waals surface area contributed by atoms with Crippen molar-refractivity contribution in [2.45, 2.75) is 38.6 Å². The van der Waals surface area contributed by atoms with E-state index >= 15 is 0 Å². The Morgan fingerprint density at radius 3 is 2.79 bits per heavy atom. The van der Waals surface area contributed by atoms with Crippen LogP contribution in [0.4, 0.5) is 0 Å². The summed E-state index contributed by atoms with van der Waals surface area (Å²) in [5.41, 5.74) is 4.27. The molecule has 3 heterocycles. The number of ether oxygens (including phenoxy) is 2. The molecule has 0 N–H and O–H groups in total. The molecule has 0 aliphatic carbocycles. The Bertz CT molecular complexity index is 1210. The van der Waals surface area contributed by atoms with Crippen molar-refractivity contribution in [2.24, 2.45) is 5.92 Å². The molecule has 1 aromatic carbocycles. The van der Waals surface area contributed by atoms with Gasteiger partial charge in [0.25, 0.3) is 0 Å². The summed E-state index contributed by atoms with van der Waals surface area (Å²) in [7, 11) is 1.65. The second kappa shape index (κ2) is 10.5. The highest BCUT2D eigenvalue weighted by Crippen LogP contribution is 2.36. The molecule has 1 aliphatic heterocycles. The number of hydrogen-bond acceptors (Lipinski definition) is 7. The standard InChI is InChI=1S/C25H30N4O4S/c1-5-33-25(31)18-9-8-12-28(14-18)21(30)15-34-22-13-16(2)26-24-23(17(3)27-29(22)24)19-10-6-7-11-20(19)32-4/h6-7,10-11,13,18H,5,8-9,12,14-15H2,1-4H3. The van der Waals surface area contributed by atoms with Crippen LogP contribution in [-0.4, -0.2) is 63.9 Å². The Morgan fingerprint density at radius 1 is 1.24 bits per heavy atom. The normalized spacial score (nSPS) is 16.0. The lowest BCUT2D eigenvalue weighted by Gasteiger charge is -2.31. The number of piperidine rings is 1. The van der Waals surface area contributed by atoms with Gasteiger partial charge in [0.2, 0.25) is 5.91 Å². The summed E-state index contributed by atoms with van der Waals surface area (Å²) < 4.78 is 12.5. The number of para-hydroxylation sites is 1. The van der Waals surface area contributed by atoms with Gasteiger partial charge in [0, 0.05) is 24.3 Å². The summed E-state index contributed by atoms with van der Waals surface area (Å²) in [4.78, 5) is 31.7. The minimum atomic E-state index is -0.241. The molecular formula is C25H30N4O4S. The van der Waals surface area contributed by atoms with Crippen LogP contribution < -0.4 is 4.74 Å². The summed E-state index contributed by atoms with van der Waals surface area (Å²) in [6, 6.07) is 9.76. The van der Waals surface area contributed by atoms with Gasteiger partial charge in [0.15, 0.2) is 5.65 Å². The highest BCUT2D eigenvalue weighted by Gasteiger charge is 2.29. The minimum Gasteiger partial charge on any atom is -0.496 e. The number of carbonyl (C=O) groups is 2. The van der Waals surface area contributed by atoms with E-state index in [1.54, 1.807) is 23.4 Å². The van der Waals surface area contributed by atoms with E-state index in [9.17, 15) is 9.59 Å². The van der Waals surface area contributed by atoms with Crippen LogP contribution in [0.3, 0.4) is 0 Å². The van der Waals surface area contributed by atoms with E-state index in [1.807, 2.05) is 44.2 Å². The third-order valence-corrected chi connectivity index (χ3v) is 6.95. The maximum absolute atomic E-state index is 13.0. The molecule has 8 nitrogen and oxygen atoms in total. The van der Waals surface area contributed by atoms with Gasteiger partial charge in [0.1, 0.15) is 10.8 Å². The quantitative estimate of drug-likeness (QED) is 0.287. The number of carbonyl (C=O) groups excluding carboxylic acids is 2. The molecule has 2 aromatic heterocycles. The molecule has 1 atom stereocenters. The van der Waals surface area contributed by atoms with E-state index in [1.165, 1.54) is 11.8 Å². The first-order chi connectivity index (χ1) is 16.4. The van der Waals surface area contributed by atoms with Crippen LogP contribution in [0, 0.1) is 19.8 Å². The van der Waals surface area contributed by atoms with E-state index in [4.69, 9.17) is 19.6 Å². The number of nitrogens with zero attached hydrogens (tertiary/aromatic N) is 4. The summed E-state index contributed by atoms with van der Waals surface area (Å²) in [6.45, 7) is 7.13. The van der Waals surface area contributed by atoms with Gasteiger partial charge in [0.05, 0.1) is 36.6 Å². The van der Waals surface area contributed by atoms with Gasteiger partial charge in [-0.1, -0.05) is 30.0 Å². The lowest BCUT2D eigenvalue weighted by atomic mass is 9.98. The Balaban J connectivity index is 1.56. The van der Waals surface area contributed by atoms with Crippen LogP contribution >= 0.6 is 11.8 Å². The molecule has 1 unspecified atom stereocenters. The topological polar surface area (TPSA) is 86.0 Å². The molecule has 1 amide bonds. The lowest BCUT2D eigenvalue weighted by molar-refractivity contribution is -0.151. The van der Waals surface area contributed by atoms with Crippen LogP contribution in [0.15, 0.2) is 35.4 Å². The van der Waals surface area contributed by atoms with Crippen molar-refractivity contribution >= 4 is 29.3 Å². The summed E-state index contributed by atoms with van der Waals surface area (Å²) in [5.74, 6) is 0.575. The number of hydrogen-bond donors (Lipinski definition) is 0. The van der Waals surface area contributed by atoms with Crippen molar-refractivity contribution in [3.63, 3.8) is 0 Å². The highest BCUT2D eigenvalue weighted by molar-refractivity contribution is 7.99. The first kappa shape index (κ1) is 24.1. The number of benzene rings is 1. The lowest BCUT2D eigenvalue weighted by Crippen LogP contribution is -2.43. The second-order valence-corrected chi connectivity index (χ2v) is 9.35. The molecule has 9 heteroatoms. The van der Waals surface area contributed by atoms with Crippen LogP contribution in [0.5, 0.6) is 5.75 Å². The van der Waals surface area contributed by atoms with Crippen LogP contribution in [-0.2, 0) is 14.3 Å². The Hall–Kier alpha value is -3.07.